The van der Waals surface area contributed by atoms with Gasteiger partial charge in [-0.15, -0.1) is 0 Å². The summed E-state index contributed by atoms with van der Waals surface area (Å²) in [5.74, 6) is 0. The molecule has 1 aliphatic rings. The van der Waals surface area contributed by atoms with Gasteiger partial charge in [0.05, 0.1) is 5.69 Å². The van der Waals surface area contributed by atoms with Crippen LogP contribution in [0.2, 0.25) is 0 Å². The SMILES string of the molecule is Cc1nn(C)cc1C1(CCN)CC1. The molecule has 1 aromatic heterocycles. The van der Waals surface area contributed by atoms with Gasteiger partial charge < -0.3 is 5.73 Å². The number of nitrogens with two attached hydrogens (primary N) is 1. The second-order valence-electron chi connectivity index (χ2n) is 4.12. The smallest absolute Gasteiger partial charge is 0.0631 e. The minimum absolute atomic E-state index is 0.396. The summed E-state index contributed by atoms with van der Waals surface area (Å²) >= 11 is 0. The lowest BCUT2D eigenvalue weighted by molar-refractivity contribution is 0.625. The quantitative estimate of drug-likeness (QED) is 0.755. The fourth-order valence-electron chi connectivity index (χ4n) is 2.20. The van der Waals surface area contributed by atoms with E-state index in [1.54, 1.807) is 0 Å². The summed E-state index contributed by atoms with van der Waals surface area (Å²) in [4.78, 5) is 0. The molecular weight excluding hydrogens is 162 g/mol. The van der Waals surface area contributed by atoms with E-state index in [2.05, 4.69) is 18.2 Å². The lowest BCUT2D eigenvalue weighted by Gasteiger charge is -2.12. The third-order valence-electron chi connectivity index (χ3n) is 3.06. The molecule has 0 saturated heterocycles. The Hall–Kier alpha value is -0.830. The molecule has 72 valence electrons. The zero-order chi connectivity index (χ0) is 9.47. The number of aryl methyl sites for hydroxylation is 2. The first-order valence-electron chi connectivity index (χ1n) is 4.89. The highest BCUT2D eigenvalue weighted by molar-refractivity contribution is 5.32. The van der Waals surface area contributed by atoms with Gasteiger partial charge in [-0.3, -0.25) is 4.68 Å². The Morgan fingerprint density at radius 1 is 1.62 bits per heavy atom. The second-order valence-corrected chi connectivity index (χ2v) is 4.12. The predicted octanol–water partition coefficient (Wildman–Crippen LogP) is 1.11. The van der Waals surface area contributed by atoms with E-state index in [1.807, 2.05) is 11.7 Å². The van der Waals surface area contributed by atoms with Crippen molar-refractivity contribution in [2.75, 3.05) is 6.54 Å². The van der Waals surface area contributed by atoms with E-state index >= 15 is 0 Å². The monoisotopic (exact) mass is 179 g/mol. The number of aromatic nitrogens is 2. The highest BCUT2D eigenvalue weighted by atomic mass is 15.2. The average molecular weight is 179 g/mol. The molecule has 3 nitrogen and oxygen atoms in total. The van der Waals surface area contributed by atoms with Gasteiger partial charge in [0.15, 0.2) is 0 Å². The lowest BCUT2D eigenvalue weighted by atomic mass is 9.93. The van der Waals surface area contributed by atoms with Crippen molar-refractivity contribution in [1.82, 2.24) is 9.78 Å². The minimum atomic E-state index is 0.396. The Morgan fingerprint density at radius 2 is 2.31 bits per heavy atom. The summed E-state index contributed by atoms with van der Waals surface area (Å²) in [5, 5.41) is 4.38. The Bertz CT molecular complexity index is 310. The van der Waals surface area contributed by atoms with Crippen LogP contribution in [-0.2, 0) is 12.5 Å². The van der Waals surface area contributed by atoms with Crippen molar-refractivity contribution in [2.24, 2.45) is 12.8 Å². The minimum Gasteiger partial charge on any atom is -0.330 e. The average Bonchev–Trinajstić information content (AvgIpc) is 2.74. The first kappa shape index (κ1) is 8.75. The molecule has 2 N–H and O–H groups in total. The number of hydrogen-bond acceptors (Lipinski definition) is 2. The van der Waals surface area contributed by atoms with Gasteiger partial charge in [0, 0.05) is 13.2 Å². The molecule has 0 bridgehead atoms. The number of rotatable bonds is 3. The largest absolute Gasteiger partial charge is 0.330 e. The molecule has 3 heteroatoms. The third kappa shape index (κ3) is 1.37. The standard InChI is InChI=1S/C10H17N3/c1-8-9(7-13(2)12-8)10(3-4-10)5-6-11/h7H,3-6,11H2,1-2H3. The van der Waals surface area contributed by atoms with E-state index in [1.165, 1.54) is 24.1 Å². The molecule has 0 spiro atoms. The fraction of sp³-hybridized carbons (Fsp3) is 0.700. The molecular formula is C10H17N3. The lowest BCUT2D eigenvalue weighted by Crippen LogP contribution is -2.13. The van der Waals surface area contributed by atoms with Crippen LogP contribution in [-0.4, -0.2) is 16.3 Å². The van der Waals surface area contributed by atoms with Crippen molar-refractivity contribution in [3.8, 4) is 0 Å². The van der Waals surface area contributed by atoms with Crippen molar-refractivity contribution in [3.63, 3.8) is 0 Å². The van der Waals surface area contributed by atoms with Crippen molar-refractivity contribution < 1.29 is 0 Å². The van der Waals surface area contributed by atoms with Crippen LogP contribution < -0.4 is 5.73 Å². The van der Waals surface area contributed by atoms with Crippen LogP contribution in [0.3, 0.4) is 0 Å². The number of hydrogen-bond donors (Lipinski definition) is 1. The summed E-state index contributed by atoms with van der Waals surface area (Å²) < 4.78 is 1.90. The summed E-state index contributed by atoms with van der Waals surface area (Å²) in [5.41, 5.74) is 8.61. The molecule has 0 aromatic carbocycles. The van der Waals surface area contributed by atoms with Gasteiger partial charge >= 0.3 is 0 Å². The predicted molar refractivity (Wildman–Crippen MR) is 52.5 cm³/mol. The maximum atomic E-state index is 5.62. The fourth-order valence-corrected chi connectivity index (χ4v) is 2.20. The highest BCUT2D eigenvalue weighted by Crippen LogP contribution is 2.51. The van der Waals surface area contributed by atoms with Crippen molar-refractivity contribution >= 4 is 0 Å². The topological polar surface area (TPSA) is 43.8 Å². The maximum Gasteiger partial charge on any atom is 0.0631 e. The number of nitrogens with zero attached hydrogens (tertiary/aromatic N) is 2. The van der Waals surface area contributed by atoms with Gasteiger partial charge in [0.2, 0.25) is 0 Å². The molecule has 13 heavy (non-hydrogen) atoms. The van der Waals surface area contributed by atoms with Crippen LogP contribution in [0, 0.1) is 6.92 Å². The van der Waals surface area contributed by atoms with E-state index in [0.717, 1.165) is 13.0 Å². The van der Waals surface area contributed by atoms with Crippen LogP contribution in [0.4, 0.5) is 0 Å². The highest BCUT2D eigenvalue weighted by Gasteiger charge is 2.45. The van der Waals surface area contributed by atoms with Crippen LogP contribution in [0.5, 0.6) is 0 Å². The zero-order valence-electron chi connectivity index (χ0n) is 8.38. The van der Waals surface area contributed by atoms with E-state index in [0.29, 0.717) is 5.41 Å². The van der Waals surface area contributed by atoms with E-state index < -0.39 is 0 Å². The van der Waals surface area contributed by atoms with Crippen LogP contribution in [0.1, 0.15) is 30.5 Å². The van der Waals surface area contributed by atoms with Gasteiger partial charge in [0.25, 0.3) is 0 Å². The van der Waals surface area contributed by atoms with E-state index in [4.69, 9.17) is 5.73 Å². The third-order valence-corrected chi connectivity index (χ3v) is 3.06. The molecule has 0 aliphatic heterocycles. The molecule has 1 saturated carbocycles. The van der Waals surface area contributed by atoms with Crippen molar-refractivity contribution in [3.05, 3.63) is 17.5 Å². The molecule has 0 radical (unpaired) electrons. The Balaban J connectivity index is 2.29. The van der Waals surface area contributed by atoms with Gasteiger partial charge in [-0.05, 0) is 43.7 Å². The van der Waals surface area contributed by atoms with Gasteiger partial charge in [0.1, 0.15) is 0 Å². The molecule has 0 unspecified atom stereocenters. The van der Waals surface area contributed by atoms with Crippen LogP contribution >= 0.6 is 0 Å². The summed E-state index contributed by atoms with van der Waals surface area (Å²) in [6, 6.07) is 0. The van der Waals surface area contributed by atoms with Gasteiger partial charge in [-0.2, -0.15) is 5.10 Å². The first-order valence-corrected chi connectivity index (χ1v) is 4.89. The molecule has 1 aromatic rings. The van der Waals surface area contributed by atoms with Gasteiger partial charge in [-0.25, -0.2) is 0 Å². The van der Waals surface area contributed by atoms with Crippen LogP contribution in [0.25, 0.3) is 0 Å². The summed E-state index contributed by atoms with van der Waals surface area (Å²) in [6.07, 6.45) is 5.84. The first-order chi connectivity index (χ1) is 6.18. The molecule has 0 atom stereocenters. The van der Waals surface area contributed by atoms with E-state index in [-0.39, 0.29) is 0 Å². The zero-order valence-corrected chi connectivity index (χ0v) is 8.38. The summed E-state index contributed by atoms with van der Waals surface area (Å²) in [7, 11) is 1.98. The van der Waals surface area contributed by atoms with Crippen LogP contribution in [0.15, 0.2) is 6.20 Å². The Kier molecular flexibility index (Phi) is 1.91. The molecule has 2 rings (SSSR count). The Morgan fingerprint density at radius 3 is 2.69 bits per heavy atom. The molecule has 1 heterocycles. The second kappa shape index (κ2) is 2.84. The maximum absolute atomic E-state index is 5.62. The van der Waals surface area contributed by atoms with Crippen molar-refractivity contribution in [1.29, 1.82) is 0 Å². The van der Waals surface area contributed by atoms with E-state index in [9.17, 15) is 0 Å². The Labute approximate surface area is 78.9 Å². The summed E-state index contributed by atoms with van der Waals surface area (Å²) in [6.45, 7) is 2.88. The molecule has 1 fully saturated rings. The van der Waals surface area contributed by atoms with Gasteiger partial charge in [-0.1, -0.05) is 0 Å². The molecule has 1 aliphatic carbocycles. The van der Waals surface area contributed by atoms with Crippen molar-refractivity contribution in [2.45, 2.75) is 31.6 Å². The normalized spacial score (nSPS) is 19.0. The molecule has 0 amide bonds.